The van der Waals surface area contributed by atoms with E-state index in [1.165, 1.54) is 0 Å². The average molecular weight is 1290 g/mol. The molecule has 5 aliphatic heterocycles. The summed E-state index contributed by atoms with van der Waals surface area (Å²) in [6.45, 7) is 11.3. The van der Waals surface area contributed by atoms with Gasteiger partial charge in [0.05, 0.1) is 58.0 Å². The van der Waals surface area contributed by atoms with E-state index < -0.39 is 227 Å². The molecule has 89 heavy (non-hydrogen) atoms. The smallest absolute Gasteiger partial charge is 0.187 e. The molecule has 0 spiro atoms. The van der Waals surface area contributed by atoms with E-state index in [9.17, 15) is 97.0 Å². The standard InChI is InChI=1S/C60H100O29/c1-55(2)16-24-23-8-9-31-57(5)12-11-32(88-54-47(89-53-46(77)40(71)35(66)27(19-63)85-53)42(73)37(68)29(87-54)21-81-51-44(75)39(70)34(65)26(18-62)84-51)56(3,4)30(57)10-13-59(31,7)58(23,6)14-15-60(24,49(79)48(55)78)22-82-52-45(76)41(72)36(67)28(86-52)20-80-50-43(74)38(69)33(64)25(17-61)83-50/h8,24-54,61-79H,9-22H2,1-7H3. The van der Waals surface area contributed by atoms with Crippen molar-refractivity contribution >= 4 is 0 Å². The maximum Gasteiger partial charge on any atom is 0.187 e. The van der Waals surface area contributed by atoms with Crippen molar-refractivity contribution in [2.24, 2.45) is 50.2 Å². The van der Waals surface area contributed by atoms with Crippen molar-refractivity contribution in [1.29, 1.82) is 0 Å². The van der Waals surface area contributed by atoms with Crippen LogP contribution in [-0.2, 0) is 47.4 Å². The van der Waals surface area contributed by atoms with E-state index in [1.54, 1.807) is 0 Å². The second-order valence-electron chi connectivity index (χ2n) is 29.4. The summed E-state index contributed by atoms with van der Waals surface area (Å²) in [5.74, 6) is -0.286. The summed E-state index contributed by atoms with van der Waals surface area (Å²) in [5.41, 5.74) is -2.59. The van der Waals surface area contributed by atoms with Gasteiger partial charge in [0.2, 0.25) is 0 Å². The SMILES string of the molecule is CC1(C)CC2C3=CCC4C5(C)CCC(OC6OC(COC7OC(CO)C(O)C(O)C7O)C(O)C(O)C6OC6OC(CO)C(O)C(O)C6O)C(C)(C)C5CCC4(C)C3(C)CCC2(COC2OC(COC3OC(CO)C(O)C(O)C3O)C(O)C(O)C2O)C(O)C1O. The quantitative estimate of drug-likeness (QED) is 0.0506. The van der Waals surface area contributed by atoms with E-state index in [0.29, 0.717) is 38.5 Å². The average Bonchev–Trinajstić information content (AvgIpc) is 0.677. The van der Waals surface area contributed by atoms with Gasteiger partial charge in [-0.05, 0) is 96.2 Å². The van der Waals surface area contributed by atoms with Crippen LogP contribution >= 0.6 is 0 Å². The Labute approximate surface area is 516 Å². The molecule has 5 heterocycles. The number of hydrogen-bond donors (Lipinski definition) is 19. The largest absolute Gasteiger partial charge is 0.394 e. The summed E-state index contributed by atoms with van der Waals surface area (Å²) in [6, 6.07) is 0. The molecule has 29 heteroatoms. The fourth-order valence-corrected chi connectivity index (χ4v) is 18.0. The lowest BCUT2D eigenvalue weighted by Crippen LogP contribution is -2.69. The fraction of sp³-hybridized carbons (Fsp3) is 0.967. The molecule has 35 atom stereocenters. The molecule has 514 valence electrons. The molecular weight excluding hydrogens is 1180 g/mol. The zero-order valence-electron chi connectivity index (χ0n) is 51.5. The number of fused-ring (bicyclic) bond motifs is 7. The van der Waals surface area contributed by atoms with Gasteiger partial charge < -0.3 is 144 Å². The lowest BCUT2D eigenvalue weighted by atomic mass is 9.33. The topological polar surface area (TPSA) is 477 Å². The maximum absolute atomic E-state index is 12.5. The molecule has 0 aromatic rings. The van der Waals surface area contributed by atoms with Crippen molar-refractivity contribution in [3.63, 3.8) is 0 Å². The van der Waals surface area contributed by atoms with Gasteiger partial charge in [-0.15, -0.1) is 0 Å². The van der Waals surface area contributed by atoms with E-state index >= 15 is 0 Å². The van der Waals surface area contributed by atoms with Gasteiger partial charge in [-0.3, -0.25) is 0 Å². The van der Waals surface area contributed by atoms with Gasteiger partial charge in [0, 0.05) is 5.41 Å². The van der Waals surface area contributed by atoms with E-state index in [0.717, 1.165) is 18.4 Å². The minimum atomic E-state index is -1.91. The summed E-state index contributed by atoms with van der Waals surface area (Å²) < 4.78 is 60.1. The lowest BCUT2D eigenvalue weighted by molar-refractivity contribution is -0.382. The highest BCUT2D eigenvalue weighted by atomic mass is 16.8. The Morgan fingerprint density at radius 2 is 0.888 bits per heavy atom. The summed E-state index contributed by atoms with van der Waals surface area (Å²) in [5, 5.41) is 206. The number of allylic oxidation sites excluding steroid dienone is 2. The zero-order chi connectivity index (χ0) is 65.2. The monoisotopic (exact) mass is 1280 g/mol. The highest BCUT2D eigenvalue weighted by Gasteiger charge is 2.71. The Balaban J connectivity index is 0.880. The molecule has 0 aromatic carbocycles. The van der Waals surface area contributed by atoms with Crippen LogP contribution in [0.4, 0.5) is 0 Å². The van der Waals surface area contributed by atoms with Crippen molar-refractivity contribution in [3.05, 3.63) is 11.6 Å². The van der Waals surface area contributed by atoms with Crippen LogP contribution in [0.25, 0.3) is 0 Å². The van der Waals surface area contributed by atoms with Crippen molar-refractivity contribution in [2.45, 2.75) is 272 Å². The number of rotatable bonds is 16. The first-order valence-electron chi connectivity index (χ1n) is 31.5. The van der Waals surface area contributed by atoms with Crippen molar-refractivity contribution in [2.75, 3.05) is 39.6 Å². The Bertz CT molecular complexity index is 2420. The molecule has 0 aromatic heterocycles. The molecule has 0 bridgehead atoms. The van der Waals surface area contributed by atoms with Crippen LogP contribution in [0.1, 0.15) is 99.8 Å². The van der Waals surface area contributed by atoms with Gasteiger partial charge >= 0.3 is 0 Å². The zero-order valence-corrected chi connectivity index (χ0v) is 51.5. The molecule has 9 fully saturated rings. The molecular formula is C60H100O29. The van der Waals surface area contributed by atoms with Gasteiger partial charge in [0.25, 0.3) is 0 Å². The molecule has 19 N–H and O–H groups in total. The van der Waals surface area contributed by atoms with Crippen LogP contribution in [0, 0.1) is 50.2 Å². The predicted molar refractivity (Wildman–Crippen MR) is 298 cm³/mol. The van der Waals surface area contributed by atoms with Crippen molar-refractivity contribution in [1.82, 2.24) is 0 Å². The van der Waals surface area contributed by atoms with Crippen molar-refractivity contribution < 1.29 is 144 Å². The van der Waals surface area contributed by atoms with Crippen LogP contribution in [0.15, 0.2) is 11.6 Å². The Hall–Kier alpha value is -1.42. The normalized spacial score (nSPS) is 54.9. The first kappa shape index (κ1) is 70.4. The third kappa shape index (κ3) is 11.9. The molecule has 5 saturated heterocycles. The molecule has 29 nitrogen and oxygen atoms in total. The fourth-order valence-electron chi connectivity index (χ4n) is 18.0. The lowest BCUT2D eigenvalue weighted by Gasteiger charge is -2.72. The van der Waals surface area contributed by atoms with Crippen LogP contribution in [0.5, 0.6) is 0 Å². The molecule has 4 saturated carbocycles. The minimum Gasteiger partial charge on any atom is -0.394 e. The molecule has 10 rings (SSSR count). The Morgan fingerprint density at radius 1 is 0.438 bits per heavy atom. The summed E-state index contributed by atoms with van der Waals surface area (Å²) in [4.78, 5) is 0. The maximum atomic E-state index is 12.5. The summed E-state index contributed by atoms with van der Waals surface area (Å²) in [6.07, 6.45) is -38.0. The minimum absolute atomic E-state index is 0.0106. The van der Waals surface area contributed by atoms with E-state index in [2.05, 4.69) is 40.7 Å². The van der Waals surface area contributed by atoms with Crippen LogP contribution in [0.2, 0.25) is 0 Å². The number of aliphatic hydroxyl groups is 19. The van der Waals surface area contributed by atoms with Crippen LogP contribution in [-0.4, -0.2) is 309 Å². The second-order valence-corrected chi connectivity index (χ2v) is 29.4. The van der Waals surface area contributed by atoms with Crippen LogP contribution < -0.4 is 0 Å². The van der Waals surface area contributed by atoms with Gasteiger partial charge in [0.1, 0.15) is 122 Å². The molecule has 10 aliphatic rings. The number of hydrogen-bond acceptors (Lipinski definition) is 29. The highest BCUT2D eigenvalue weighted by Crippen LogP contribution is 2.76. The van der Waals surface area contributed by atoms with E-state index in [-0.39, 0.29) is 35.2 Å². The predicted octanol–water partition coefficient (Wildman–Crippen LogP) is -5.80. The Kier molecular flexibility index (Phi) is 20.7. The van der Waals surface area contributed by atoms with E-state index in [4.69, 9.17) is 47.4 Å². The van der Waals surface area contributed by atoms with Gasteiger partial charge in [-0.1, -0.05) is 60.1 Å². The molecule has 0 radical (unpaired) electrons. The third-order valence-electron chi connectivity index (χ3n) is 23.9. The van der Waals surface area contributed by atoms with Gasteiger partial charge in [-0.25, -0.2) is 0 Å². The molecule has 0 amide bonds. The highest BCUT2D eigenvalue weighted by molar-refractivity contribution is 5.35. The second kappa shape index (κ2) is 26.2. The van der Waals surface area contributed by atoms with Gasteiger partial charge in [-0.2, -0.15) is 0 Å². The third-order valence-corrected chi connectivity index (χ3v) is 23.9. The molecule has 35 unspecified atom stereocenters. The summed E-state index contributed by atoms with van der Waals surface area (Å²) >= 11 is 0. The van der Waals surface area contributed by atoms with E-state index in [1.807, 2.05) is 13.8 Å². The first-order valence-corrected chi connectivity index (χ1v) is 31.5. The molecule has 5 aliphatic carbocycles. The van der Waals surface area contributed by atoms with Crippen molar-refractivity contribution in [3.8, 4) is 0 Å². The number of aliphatic hydroxyl groups excluding tert-OH is 19. The Morgan fingerprint density at radius 3 is 1.40 bits per heavy atom. The van der Waals surface area contributed by atoms with Crippen LogP contribution in [0.3, 0.4) is 0 Å². The van der Waals surface area contributed by atoms with Gasteiger partial charge in [0.15, 0.2) is 31.5 Å². The number of ether oxygens (including phenoxy) is 10. The summed E-state index contributed by atoms with van der Waals surface area (Å²) in [7, 11) is 0. The first-order chi connectivity index (χ1) is 41.7.